The van der Waals surface area contributed by atoms with E-state index < -0.39 is 0 Å². The Morgan fingerprint density at radius 3 is 2.59 bits per heavy atom. The minimum Gasteiger partial charge on any atom is -0.495 e. The van der Waals surface area contributed by atoms with Crippen LogP contribution < -0.4 is 4.74 Å². The first kappa shape index (κ1) is 20.9. The van der Waals surface area contributed by atoms with Crippen LogP contribution in [0.3, 0.4) is 0 Å². The molecule has 1 aromatic heterocycles. The van der Waals surface area contributed by atoms with Crippen LogP contribution >= 0.6 is 11.6 Å². The fraction of sp³-hybridized carbons (Fsp3) is 0.250. The topological polar surface area (TPSA) is 42.4 Å². The Labute approximate surface area is 177 Å². The second-order valence-electron chi connectivity index (χ2n) is 7.01. The molecule has 0 fully saturated rings. The number of rotatable bonds is 8. The molecule has 5 heteroatoms. The number of methoxy groups -OCH3 is 1. The van der Waals surface area contributed by atoms with Gasteiger partial charge in [-0.3, -0.25) is 9.78 Å². The summed E-state index contributed by atoms with van der Waals surface area (Å²) in [4.78, 5) is 19.2. The van der Waals surface area contributed by atoms with E-state index >= 15 is 0 Å². The van der Waals surface area contributed by atoms with E-state index in [1.54, 1.807) is 19.5 Å². The van der Waals surface area contributed by atoms with Crippen molar-refractivity contribution in [2.24, 2.45) is 0 Å². The molecule has 0 saturated carbocycles. The van der Waals surface area contributed by atoms with E-state index in [1.165, 1.54) is 5.56 Å². The van der Waals surface area contributed by atoms with Gasteiger partial charge < -0.3 is 9.64 Å². The molecule has 0 atom stereocenters. The van der Waals surface area contributed by atoms with Crippen LogP contribution in [0, 0.1) is 6.92 Å². The Balaban J connectivity index is 1.73. The lowest BCUT2D eigenvalue weighted by Crippen LogP contribution is -2.30. The van der Waals surface area contributed by atoms with Gasteiger partial charge in [-0.1, -0.05) is 48.0 Å². The summed E-state index contributed by atoms with van der Waals surface area (Å²) in [5.74, 6) is 0.739. The summed E-state index contributed by atoms with van der Waals surface area (Å²) < 4.78 is 5.19. The third-order valence-corrected chi connectivity index (χ3v) is 5.21. The molecule has 0 unspecified atom stereocenters. The van der Waals surface area contributed by atoms with Gasteiger partial charge in [0.05, 0.1) is 12.1 Å². The fourth-order valence-corrected chi connectivity index (χ4v) is 3.49. The highest BCUT2D eigenvalue weighted by molar-refractivity contribution is 6.32. The SMILES string of the molecule is COc1ccc(CCC(=O)N(Cc2cccnc2)Cc2ccccc2C)cc1Cl. The summed E-state index contributed by atoms with van der Waals surface area (Å²) >= 11 is 6.21. The molecule has 0 aliphatic carbocycles. The number of ether oxygens (including phenoxy) is 1. The van der Waals surface area contributed by atoms with Gasteiger partial charge in [-0.2, -0.15) is 0 Å². The van der Waals surface area contributed by atoms with Gasteiger partial charge >= 0.3 is 0 Å². The Kier molecular flexibility index (Phi) is 7.25. The van der Waals surface area contributed by atoms with Crippen molar-refractivity contribution in [3.63, 3.8) is 0 Å². The highest BCUT2D eigenvalue weighted by Crippen LogP contribution is 2.25. The van der Waals surface area contributed by atoms with Gasteiger partial charge in [0.15, 0.2) is 0 Å². The Bertz CT molecular complexity index is 960. The zero-order valence-electron chi connectivity index (χ0n) is 16.8. The average molecular weight is 409 g/mol. The minimum atomic E-state index is 0.101. The number of halogens is 1. The van der Waals surface area contributed by atoms with Gasteiger partial charge in [0.2, 0.25) is 5.91 Å². The van der Waals surface area contributed by atoms with Crippen LogP contribution in [0.4, 0.5) is 0 Å². The normalized spacial score (nSPS) is 10.6. The number of amides is 1. The van der Waals surface area contributed by atoms with Gasteiger partial charge in [-0.15, -0.1) is 0 Å². The Hall–Kier alpha value is -2.85. The van der Waals surface area contributed by atoms with E-state index in [9.17, 15) is 4.79 Å². The van der Waals surface area contributed by atoms with Crippen molar-refractivity contribution in [3.05, 3.63) is 94.3 Å². The van der Waals surface area contributed by atoms with Gasteiger partial charge in [0, 0.05) is 31.9 Å². The first-order valence-corrected chi connectivity index (χ1v) is 9.98. The number of hydrogen-bond donors (Lipinski definition) is 0. The van der Waals surface area contributed by atoms with E-state index in [2.05, 4.69) is 24.0 Å². The van der Waals surface area contributed by atoms with Crippen molar-refractivity contribution < 1.29 is 9.53 Å². The molecule has 4 nitrogen and oxygen atoms in total. The second kappa shape index (κ2) is 10.1. The van der Waals surface area contributed by atoms with Gasteiger partial charge in [0.1, 0.15) is 5.75 Å². The lowest BCUT2D eigenvalue weighted by Gasteiger charge is -2.24. The summed E-state index contributed by atoms with van der Waals surface area (Å²) in [5, 5.41) is 0.560. The van der Waals surface area contributed by atoms with Crippen molar-refractivity contribution in [2.45, 2.75) is 32.9 Å². The smallest absolute Gasteiger partial charge is 0.223 e. The van der Waals surface area contributed by atoms with E-state index in [0.29, 0.717) is 36.7 Å². The van der Waals surface area contributed by atoms with Crippen LogP contribution in [-0.4, -0.2) is 22.9 Å². The predicted octanol–water partition coefficient (Wildman–Crippen LogP) is 5.21. The standard InChI is InChI=1S/C24H25ClN2O2/c1-18-6-3-4-8-21(18)17-27(16-20-7-5-13-26-15-20)24(28)12-10-19-9-11-23(29-2)22(25)14-19/h3-9,11,13-15H,10,12,16-17H2,1-2H3. The van der Waals surface area contributed by atoms with Gasteiger partial charge in [-0.05, 0) is 53.8 Å². The second-order valence-corrected chi connectivity index (χ2v) is 7.41. The summed E-state index contributed by atoms with van der Waals surface area (Å²) in [7, 11) is 1.59. The molecule has 0 radical (unpaired) electrons. The van der Waals surface area contributed by atoms with Crippen molar-refractivity contribution in [2.75, 3.05) is 7.11 Å². The molecule has 150 valence electrons. The maximum atomic E-state index is 13.1. The van der Waals surface area contributed by atoms with E-state index in [-0.39, 0.29) is 5.91 Å². The first-order valence-electron chi connectivity index (χ1n) is 9.60. The number of carbonyl (C=O) groups is 1. The molecule has 0 aliphatic heterocycles. The molecule has 0 aliphatic rings. The molecule has 0 spiro atoms. The Morgan fingerprint density at radius 2 is 1.90 bits per heavy atom. The summed E-state index contributed by atoms with van der Waals surface area (Å²) in [6, 6.07) is 17.7. The summed E-state index contributed by atoms with van der Waals surface area (Å²) in [6.45, 7) is 3.18. The number of hydrogen-bond acceptors (Lipinski definition) is 3. The minimum absolute atomic E-state index is 0.101. The van der Waals surface area contributed by atoms with Crippen LogP contribution in [0.15, 0.2) is 67.0 Å². The van der Waals surface area contributed by atoms with Crippen LogP contribution in [0.1, 0.15) is 28.7 Å². The number of carbonyl (C=O) groups excluding carboxylic acids is 1. The van der Waals surface area contributed by atoms with E-state index in [4.69, 9.17) is 16.3 Å². The number of aromatic nitrogens is 1. The maximum absolute atomic E-state index is 13.1. The average Bonchev–Trinajstić information content (AvgIpc) is 2.74. The molecule has 29 heavy (non-hydrogen) atoms. The number of nitrogens with zero attached hydrogens (tertiary/aromatic N) is 2. The fourth-order valence-electron chi connectivity index (χ4n) is 3.21. The quantitative estimate of drug-likeness (QED) is 0.513. The van der Waals surface area contributed by atoms with E-state index in [0.717, 1.165) is 16.7 Å². The van der Waals surface area contributed by atoms with Crippen LogP contribution in [-0.2, 0) is 24.3 Å². The van der Waals surface area contributed by atoms with Crippen molar-refractivity contribution in [1.29, 1.82) is 0 Å². The monoisotopic (exact) mass is 408 g/mol. The van der Waals surface area contributed by atoms with Crippen LogP contribution in [0.5, 0.6) is 5.75 Å². The number of aryl methyl sites for hydroxylation is 2. The van der Waals surface area contributed by atoms with Crippen molar-refractivity contribution >= 4 is 17.5 Å². The third-order valence-electron chi connectivity index (χ3n) is 4.92. The maximum Gasteiger partial charge on any atom is 0.223 e. The first-order chi connectivity index (χ1) is 14.1. The number of benzene rings is 2. The zero-order valence-corrected chi connectivity index (χ0v) is 17.5. The summed E-state index contributed by atoms with van der Waals surface area (Å²) in [6.07, 6.45) is 4.58. The van der Waals surface area contributed by atoms with Gasteiger partial charge in [-0.25, -0.2) is 0 Å². The molecule has 0 N–H and O–H groups in total. The molecule has 0 saturated heterocycles. The predicted molar refractivity (Wildman–Crippen MR) is 116 cm³/mol. The molecule has 1 heterocycles. The van der Waals surface area contributed by atoms with Crippen LogP contribution in [0.2, 0.25) is 5.02 Å². The highest BCUT2D eigenvalue weighted by atomic mass is 35.5. The molecule has 2 aromatic carbocycles. The zero-order chi connectivity index (χ0) is 20.6. The third kappa shape index (κ3) is 5.81. The van der Waals surface area contributed by atoms with Crippen molar-refractivity contribution in [3.8, 4) is 5.75 Å². The molecular weight excluding hydrogens is 384 g/mol. The lowest BCUT2D eigenvalue weighted by atomic mass is 10.1. The summed E-state index contributed by atoms with van der Waals surface area (Å²) in [5.41, 5.74) is 4.36. The largest absolute Gasteiger partial charge is 0.495 e. The van der Waals surface area contributed by atoms with Crippen molar-refractivity contribution in [1.82, 2.24) is 9.88 Å². The molecule has 1 amide bonds. The van der Waals surface area contributed by atoms with E-state index in [1.807, 2.05) is 47.4 Å². The number of pyridine rings is 1. The molecule has 3 aromatic rings. The lowest BCUT2D eigenvalue weighted by molar-refractivity contribution is -0.132. The van der Waals surface area contributed by atoms with Crippen LogP contribution in [0.25, 0.3) is 0 Å². The molecular formula is C24H25ClN2O2. The Morgan fingerprint density at radius 1 is 1.07 bits per heavy atom. The van der Waals surface area contributed by atoms with Gasteiger partial charge in [0.25, 0.3) is 0 Å². The molecule has 3 rings (SSSR count). The molecule has 0 bridgehead atoms. The highest BCUT2D eigenvalue weighted by Gasteiger charge is 2.16.